The van der Waals surface area contributed by atoms with E-state index >= 15 is 0 Å². The van der Waals surface area contributed by atoms with Crippen LogP contribution >= 0.6 is 0 Å². The fraction of sp³-hybridized carbons (Fsp3) is 0.423. The molecular weight excluding hydrogens is 404 g/mol. The second kappa shape index (κ2) is 8.26. The van der Waals surface area contributed by atoms with Crippen molar-refractivity contribution in [2.24, 2.45) is 0 Å². The van der Waals surface area contributed by atoms with Gasteiger partial charge in [-0.2, -0.15) is 0 Å². The lowest BCUT2D eigenvalue weighted by atomic mass is 9.92. The Balaban J connectivity index is 1.62. The maximum absolute atomic E-state index is 13.2. The lowest BCUT2D eigenvalue weighted by Crippen LogP contribution is -2.27. The summed E-state index contributed by atoms with van der Waals surface area (Å²) in [5.74, 6) is 0.786. The van der Waals surface area contributed by atoms with E-state index in [-0.39, 0.29) is 17.9 Å². The van der Waals surface area contributed by atoms with Crippen molar-refractivity contribution in [3.63, 3.8) is 0 Å². The number of benzene rings is 2. The standard InChI is InChI=1S/C26H32N2O4/c1-25(2,3)23-14-17-13-19(7-10-22(17)28(23)15-20(30)16-29)27-24(31)26(11-12-26)18-5-8-21(32-4)9-6-18/h5-10,13-14,20,29-30H,11-12,15-16H2,1-4H3,(H,27,31). The molecule has 1 aliphatic rings. The summed E-state index contributed by atoms with van der Waals surface area (Å²) in [7, 11) is 1.63. The van der Waals surface area contributed by atoms with Crippen molar-refractivity contribution in [2.45, 2.75) is 57.1 Å². The van der Waals surface area contributed by atoms with Gasteiger partial charge in [0.05, 0.1) is 31.8 Å². The quantitative estimate of drug-likeness (QED) is 0.523. The first kappa shape index (κ1) is 22.4. The summed E-state index contributed by atoms with van der Waals surface area (Å²) in [5.41, 5.74) is 3.19. The molecule has 1 saturated carbocycles. The minimum absolute atomic E-state index is 0.00759. The number of hydrogen-bond donors (Lipinski definition) is 3. The number of nitrogens with zero attached hydrogens (tertiary/aromatic N) is 1. The molecule has 1 fully saturated rings. The Hall–Kier alpha value is -2.83. The number of carbonyl (C=O) groups excluding carboxylic acids is 1. The summed E-state index contributed by atoms with van der Waals surface area (Å²) in [6.45, 7) is 6.40. The van der Waals surface area contributed by atoms with Gasteiger partial charge in [-0.25, -0.2) is 0 Å². The Labute approximate surface area is 188 Å². The molecule has 1 heterocycles. The van der Waals surface area contributed by atoms with Crippen LogP contribution in [0.1, 0.15) is 44.9 Å². The first-order valence-electron chi connectivity index (χ1n) is 11.1. The molecule has 0 aliphatic heterocycles. The summed E-state index contributed by atoms with van der Waals surface area (Å²) < 4.78 is 7.29. The SMILES string of the molecule is COc1ccc(C2(C(=O)Nc3ccc4c(c3)cc(C(C)(C)C)n4CC(O)CO)CC2)cc1. The molecule has 3 aromatic rings. The van der Waals surface area contributed by atoms with E-state index < -0.39 is 11.5 Å². The Bertz CT molecular complexity index is 1120. The van der Waals surface area contributed by atoms with Crippen molar-refractivity contribution in [2.75, 3.05) is 19.0 Å². The monoisotopic (exact) mass is 436 g/mol. The number of fused-ring (bicyclic) bond motifs is 1. The van der Waals surface area contributed by atoms with Crippen LogP contribution in [0, 0.1) is 0 Å². The Morgan fingerprint density at radius 1 is 1.16 bits per heavy atom. The van der Waals surface area contributed by atoms with Gasteiger partial charge in [-0.3, -0.25) is 4.79 Å². The van der Waals surface area contributed by atoms with Crippen LogP contribution in [-0.4, -0.2) is 40.5 Å². The fourth-order valence-corrected chi connectivity index (χ4v) is 4.37. The molecule has 6 nitrogen and oxygen atoms in total. The number of anilines is 1. The molecule has 32 heavy (non-hydrogen) atoms. The number of aliphatic hydroxyl groups excluding tert-OH is 2. The molecule has 1 aromatic heterocycles. The van der Waals surface area contributed by atoms with Crippen molar-refractivity contribution in [3.05, 3.63) is 59.8 Å². The molecule has 0 spiro atoms. The molecule has 0 radical (unpaired) electrons. The zero-order valence-electron chi connectivity index (χ0n) is 19.2. The van der Waals surface area contributed by atoms with E-state index in [9.17, 15) is 15.0 Å². The first-order valence-corrected chi connectivity index (χ1v) is 11.1. The largest absolute Gasteiger partial charge is 0.497 e. The van der Waals surface area contributed by atoms with Gasteiger partial charge in [0.25, 0.3) is 0 Å². The van der Waals surface area contributed by atoms with Crippen LogP contribution in [0.4, 0.5) is 5.69 Å². The highest BCUT2D eigenvalue weighted by molar-refractivity contribution is 6.02. The molecule has 1 aliphatic carbocycles. The number of nitrogens with one attached hydrogen (secondary N) is 1. The molecule has 1 unspecified atom stereocenters. The highest BCUT2D eigenvalue weighted by atomic mass is 16.5. The van der Waals surface area contributed by atoms with E-state index in [4.69, 9.17) is 4.74 Å². The number of amides is 1. The number of aliphatic hydroxyl groups is 2. The van der Waals surface area contributed by atoms with Crippen LogP contribution in [0.5, 0.6) is 5.75 Å². The van der Waals surface area contributed by atoms with Gasteiger partial charge < -0.3 is 24.8 Å². The number of methoxy groups -OCH3 is 1. The van der Waals surface area contributed by atoms with Crippen LogP contribution in [0.25, 0.3) is 10.9 Å². The highest BCUT2D eigenvalue weighted by Gasteiger charge is 2.51. The van der Waals surface area contributed by atoms with Crippen LogP contribution in [0.2, 0.25) is 0 Å². The number of hydrogen-bond acceptors (Lipinski definition) is 4. The Morgan fingerprint density at radius 3 is 2.41 bits per heavy atom. The third-order valence-corrected chi connectivity index (χ3v) is 6.36. The fourth-order valence-electron chi connectivity index (χ4n) is 4.37. The van der Waals surface area contributed by atoms with E-state index in [2.05, 4.69) is 36.7 Å². The van der Waals surface area contributed by atoms with Gasteiger partial charge in [-0.05, 0) is 54.8 Å². The van der Waals surface area contributed by atoms with Crippen LogP contribution < -0.4 is 10.1 Å². The second-order valence-electron chi connectivity index (χ2n) is 9.76. The summed E-state index contributed by atoms with van der Waals surface area (Å²) in [6, 6.07) is 15.7. The molecule has 0 bridgehead atoms. The Morgan fingerprint density at radius 2 is 1.84 bits per heavy atom. The van der Waals surface area contributed by atoms with E-state index in [1.807, 2.05) is 42.5 Å². The smallest absolute Gasteiger partial charge is 0.235 e. The summed E-state index contributed by atoms with van der Waals surface area (Å²) >= 11 is 0. The number of carbonyl (C=O) groups is 1. The third-order valence-electron chi connectivity index (χ3n) is 6.36. The summed E-state index contributed by atoms with van der Waals surface area (Å²) in [6.07, 6.45) is 0.832. The topological polar surface area (TPSA) is 83.7 Å². The van der Waals surface area contributed by atoms with Crippen molar-refractivity contribution in [1.82, 2.24) is 4.57 Å². The average Bonchev–Trinajstić information content (AvgIpc) is 3.50. The Kier molecular flexibility index (Phi) is 5.77. The van der Waals surface area contributed by atoms with E-state index in [0.29, 0.717) is 6.54 Å². The highest BCUT2D eigenvalue weighted by Crippen LogP contribution is 2.49. The molecule has 2 aromatic carbocycles. The van der Waals surface area contributed by atoms with Crippen molar-refractivity contribution < 1.29 is 19.7 Å². The van der Waals surface area contributed by atoms with Gasteiger partial charge in [0.15, 0.2) is 0 Å². The predicted octanol–water partition coefficient (Wildman–Crippen LogP) is 3.97. The normalized spacial score (nSPS) is 16.1. The third kappa shape index (κ3) is 4.12. The van der Waals surface area contributed by atoms with Crippen LogP contribution in [0.3, 0.4) is 0 Å². The maximum atomic E-state index is 13.2. The predicted molar refractivity (Wildman–Crippen MR) is 126 cm³/mol. The minimum Gasteiger partial charge on any atom is -0.497 e. The molecular formula is C26H32N2O4. The van der Waals surface area contributed by atoms with E-state index in [0.717, 1.165) is 46.4 Å². The zero-order valence-corrected chi connectivity index (χ0v) is 19.2. The second-order valence-corrected chi connectivity index (χ2v) is 9.76. The van der Waals surface area contributed by atoms with Gasteiger partial charge in [-0.15, -0.1) is 0 Å². The zero-order chi connectivity index (χ0) is 23.1. The van der Waals surface area contributed by atoms with Gasteiger partial charge >= 0.3 is 0 Å². The summed E-state index contributed by atoms with van der Waals surface area (Å²) in [5, 5.41) is 23.5. The molecule has 170 valence electrons. The maximum Gasteiger partial charge on any atom is 0.235 e. The first-order chi connectivity index (χ1) is 15.2. The van der Waals surface area contributed by atoms with Crippen molar-refractivity contribution in [3.8, 4) is 5.75 Å². The molecule has 4 rings (SSSR count). The van der Waals surface area contributed by atoms with Crippen molar-refractivity contribution in [1.29, 1.82) is 0 Å². The number of aromatic nitrogens is 1. The van der Waals surface area contributed by atoms with E-state index in [1.165, 1.54) is 0 Å². The van der Waals surface area contributed by atoms with Gasteiger partial charge in [-0.1, -0.05) is 32.9 Å². The molecule has 1 atom stereocenters. The number of ether oxygens (including phenoxy) is 1. The minimum atomic E-state index is -0.828. The van der Waals surface area contributed by atoms with Crippen LogP contribution in [0.15, 0.2) is 48.5 Å². The summed E-state index contributed by atoms with van der Waals surface area (Å²) in [4.78, 5) is 13.2. The molecule has 6 heteroatoms. The van der Waals surface area contributed by atoms with Gasteiger partial charge in [0, 0.05) is 27.7 Å². The lowest BCUT2D eigenvalue weighted by molar-refractivity contribution is -0.118. The van der Waals surface area contributed by atoms with Gasteiger partial charge in [0.1, 0.15) is 5.75 Å². The van der Waals surface area contributed by atoms with Crippen molar-refractivity contribution >= 4 is 22.5 Å². The van der Waals surface area contributed by atoms with Gasteiger partial charge in [0.2, 0.25) is 5.91 Å². The molecule has 3 N–H and O–H groups in total. The average molecular weight is 437 g/mol. The van der Waals surface area contributed by atoms with E-state index in [1.54, 1.807) is 7.11 Å². The molecule has 1 amide bonds. The lowest BCUT2D eigenvalue weighted by Gasteiger charge is -2.23. The molecule has 0 saturated heterocycles. The van der Waals surface area contributed by atoms with Crippen LogP contribution in [-0.2, 0) is 22.2 Å². The number of rotatable bonds is 7.